The molecule has 1 aliphatic carbocycles. The lowest BCUT2D eigenvalue weighted by Crippen LogP contribution is -2.60. The van der Waals surface area contributed by atoms with Crippen LogP contribution in [0.5, 0.6) is 5.75 Å². The van der Waals surface area contributed by atoms with E-state index in [1.807, 2.05) is 0 Å². The summed E-state index contributed by atoms with van der Waals surface area (Å²) in [4.78, 5) is 4.48. The number of pyridine rings is 1. The number of anilines is 1. The third-order valence-electron chi connectivity index (χ3n) is 6.28. The number of nitrogens with zero attached hydrogens (tertiary/aromatic N) is 3. The van der Waals surface area contributed by atoms with Crippen molar-refractivity contribution in [3.63, 3.8) is 0 Å². The predicted molar refractivity (Wildman–Crippen MR) is 118 cm³/mol. The molecule has 1 aliphatic heterocycles. The number of H-pyrrole nitrogens is 1. The van der Waals surface area contributed by atoms with E-state index < -0.39 is 37.3 Å². The lowest BCUT2D eigenvalue weighted by molar-refractivity contribution is -0.277. The summed E-state index contributed by atoms with van der Waals surface area (Å²) in [5, 5.41) is 57.1. The molecule has 1 fully saturated rings. The summed E-state index contributed by atoms with van der Waals surface area (Å²) in [5.41, 5.74) is 10.6. The van der Waals surface area contributed by atoms with Crippen LogP contribution in [0.3, 0.4) is 0 Å². The van der Waals surface area contributed by atoms with E-state index in [-0.39, 0.29) is 17.1 Å². The maximum atomic E-state index is 10.4. The molecule has 3 aromatic rings. The second kappa shape index (κ2) is 8.68. The highest BCUT2D eigenvalue weighted by Crippen LogP contribution is 2.43. The third-order valence-corrected chi connectivity index (χ3v) is 6.28. The maximum absolute atomic E-state index is 10.4. The van der Waals surface area contributed by atoms with E-state index in [9.17, 15) is 25.7 Å². The Morgan fingerprint density at radius 3 is 2.71 bits per heavy atom. The van der Waals surface area contributed by atoms with Gasteiger partial charge in [0.1, 0.15) is 47.6 Å². The SMILES string of the molecule is N#Cc1c(N)nc2c(c1-c1ccccc1O[C@@H]1O[C@H](CO)[C@H](O)[C@H](O)[C@@H]1O)CCc1[nH]ncc1-2. The smallest absolute Gasteiger partial charge is 0.229 e. The van der Waals surface area contributed by atoms with Gasteiger partial charge in [-0.05, 0) is 24.5 Å². The van der Waals surface area contributed by atoms with Crippen LogP contribution in [0.15, 0.2) is 30.5 Å². The first kappa shape index (κ1) is 22.3. The largest absolute Gasteiger partial charge is 0.461 e. The van der Waals surface area contributed by atoms with Crippen molar-refractivity contribution in [3.05, 3.63) is 47.3 Å². The number of nitrogens with one attached hydrogen (secondary N) is 1. The van der Waals surface area contributed by atoms with Crippen LogP contribution in [-0.2, 0) is 17.6 Å². The second-order valence-corrected chi connectivity index (χ2v) is 8.26. The number of hydrogen-bond donors (Lipinski definition) is 6. The van der Waals surface area contributed by atoms with Gasteiger partial charge in [0, 0.05) is 22.4 Å². The molecule has 0 spiro atoms. The van der Waals surface area contributed by atoms with Gasteiger partial charge in [0.25, 0.3) is 0 Å². The number of hydrogen-bond acceptors (Lipinski definition) is 10. The zero-order chi connectivity index (χ0) is 24.0. The van der Waals surface area contributed by atoms with Crippen LogP contribution in [0, 0.1) is 11.3 Å². The van der Waals surface area contributed by atoms with Crippen molar-refractivity contribution in [2.75, 3.05) is 12.3 Å². The van der Waals surface area contributed by atoms with Crippen LogP contribution in [0.1, 0.15) is 16.8 Å². The van der Waals surface area contributed by atoms with E-state index in [1.54, 1.807) is 30.5 Å². The molecule has 0 saturated carbocycles. The van der Waals surface area contributed by atoms with Gasteiger partial charge in [-0.25, -0.2) is 4.98 Å². The van der Waals surface area contributed by atoms with E-state index >= 15 is 0 Å². The fraction of sp³-hybridized carbons (Fsp3) is 0.348. The number of fused-ring (bicyclic) bond motifs is 3. The highest BCUT2D eigenvalue weighted by molar-refractivity contribution is 5.88. The van der Waals surface area contributed by atoms with Gasteiger partial charge in [-0.15, -0.1) is 0 Å². The predicted octanol–water partition coefficient (Wildman–Crippen LogP) is -0.130. The Labute approximate surface area is 194 Å². The molecule has 3 heterocycles. The zero-order valence-corrected chi connectivity index (χ0v) is 17.9. The van der Waals surface area contributed by atoms with Crippen LogP contribution in [0.4, 0.5) is 5.82 Å². The van der Waals surface area contributed by atoms with Crippen molar-refractivity contribution in [1.29, 1.82) is 5.26 Å². The Morgan fingerprint density at radius 1 is 1.15 bits per heavy atom. The third kappa shape index (κ3) is 3.49. The Kier molecular flexibility index (Phi) is 5.68. The molecule has 0 bridgehead atoms. The van der Waals surface area contributed by atoms with Gasteiger partial charge in [-0.2, -0.15) is 10.4 Å². The van der Waals surface area contributed by atoms with Crippen molar-refractivity contribution >= 4 is 5.82 Å². The van der Waals surface area contributed by atoms with Crippen LogP contribution >= 0.6 is 0 Å². The van der Waals surface area contributed by atoms with Gasteiger partial charge in [0.05, 0.1) is 18.5 Å². The van der Waals surface area contributed by atoms with Gasteiger partial charge >= 0.3 is 0 Å². The summed E-state index contributed by atoms with van der Waals surface area (Å²) in [7, 11) is 0. The molecule has 2 aliphatic rings. The minimum Gasteiger partial charge on any atom is -0.461 e. The number of aliphatic hydroxyl groups is 4. The summed E-state index contributed by atoms with van der Waals surface area (Å²) in [6.45, 7) is -0.577. The Hall–Kier alpha value is -3.53. The molecular formula is C23H23N5O6. The lowest BCUT2D eigenvalue weighted by Gasteiger charge is -2.39. The van der Waals surface area contributed by atoms with E-state index in [2.05, 4.69) is 21.3 Å². The first-order valence-corrected chi connectivity index (χ1v) is 10.8. The van der Waals surface area contributed by atoms with Crippen LogP contribution < -0.4 is 10.5 Å². The standard InChI is InChI=1S/C23H23N5O6/c24-7-12-17(11-5-6-14-13(8-26-28-14)18(11)27-22(12)25)10-3-1-2-4-15(10)33-23-21(32)20(31)19(30)16(9-29)34-23/h1-4,8,16,19-21,23,29-32H,5-6,9H2,(H2,25,27)(H,26,28)/t16-,19+,20+,21+,23-/m1/s1. The number of nitrogen functional groups attached to an aromatic ring is 1. The van der Waals surface area contributed by atoms with Gasteiger partial charge < -0.3 is 35.6 Å². The molecular weight excluding hydrogens is 442 g/mol. The number of aliphatic hydroxyl groups excluding tert-OH is 4. The molecule has 1 saturated heterocycles. The van der Waals surface area contributed by atoms with Crippen LogP contribution in [-0.4, -0.2) is 72.9 Å². The van der Waals surface area contributed by atoms with E-state index in [4.69, 9.17) is 15.2 Å². The topological polar surface area (TPSA) is 191 Å². The van der Waals surface area contributed by atoms with Gasteiger partial charge in [-0.1, -0.05) is 18.2 Å². The zero-order valence-electron chi connectivity index (χ0n) is 17.9. The number of aryl methyl sites for hydroxylation is 1. The van der Waals surface area contributed by atoms with Crippen molar-refractivity contribution in [2.24, 2.45) is 0 Å². The Bertz CT molecular complexity index is 1270. The highest BCUT2D eigenvalue weighted by Gasteiger charge is 2.45. The average Bonchev–Trinajstić information content (AvgIpc) is 3.33. The van der Waals surface area contributed by atoms with E-state index in [0.717, 1.165) is 16.8 Å². The fourth-order valence-corrected chi connectivity index (χ4v) is 4.54. The summed E-state index contributed by atoms with van der Waals surface area (Å²) in [6, 6.07) is 9.01. The number of nitrogens with two attached hydrogens (primary N) is 1. The second-order valence-electron chi connectivity index (χ2n) is 8.26. The number of aromatic amines is 1. The minimum absolute atomic E-state index is 0.0629. The molecule has 11 nitrogen and oxygen atoms in total. The molecule has 2 aromatic heterocycles. The summed E-state index contributed by atoms with van der Waals surface area (Å²) in [6.07, 6.45) is -4.24. The average molecular weight is 465 g/mol. The van der Waals surface area contributed by atoms with Gasteiger partial charge in [0.2, 0.25) is 6.29 Å². The number of ether oxygens (including phenoxy) is 2. The molecule has 5 atom stereocenters. The molecule has 1 aromatic carbocycles. The fourth-order valence-electron chi connectivity index (χ4n) is 4.54. The summed E-state index contributed by atoms with van der Waals surface area (Å²) in [5.74, 6) is 0.321. The molecule has 0 radical (unpaired) electrons. The van der Waals surface area contributed by atoms with E-state index in [0.29, 0.717) is 29.7 Å². The molecule has 5 rings (SSSR count). The number of rotatable bonds is 4. The number of benzene rings is 1. The van der Waals surface area contributed by atoms with Crippen molar-refractivity contribution in [3.8, 4) is 34.2 Å². The number of para-hydroxylation sites is 1. The van der Waals surface area contributed by atoms with Gasteiger partial charge in [0.15, 0.2) is 0 Å². The minimum atomic E-state index is -1.58. The quantitative estimate of drug-likeness (QED) is 0.302. The van der Waals surface area contributed by atoms with E-state index in [1.165, 1.54) is 0 Å². The molecule has 176 valence electrons. The molecule has 11 heteroatoms. The number of aromatic nitrogens is 3. The highest BCUT2D eigenvalue weighted by atomic mass is 16.7. The van der Waals surface area contributed by atoms with Gasteiger partial charge in [-0.3, -0.25) is 5.10 Å². The van der Waals surface area contributed by atoms with Crippen LogP contribution in [0.25, 0.3) is 22.4 Å². The summed E-state index contributed by atoms with van der Waals surface area (Å²) >= 11 is 0. The van der Waals surface area contributed by atoms with Crippen molar-refractivity contribution < 1.29 is 29.9 Å². The monoisotopic (exact) mass is 465 g/mol. The number of nitriles is 1. The Morgan fingerprint density at radius 2 is 1.94 bits per heavy atom. The normalized spacial score (nSPS) is 25.8. The first-order valence-electron chi connectivity index (χ1n) is 10.8. The molecule has 7 N–H and O–H groups in total. The van der Waals surface area contributed by atoms with Crippen LogP contribution in [0.2, 0.25) is 0 Å². The van der Waals surface area contributed by atoms with Crippen molar-refractivity contribution in [1.82, 2.24) is 15.2 Å². The molecule has 0 amide bonds. The molecule has 0 unspecified atom stereocenters. The lowest BCUT2D eigenvalue weighted by atomic mass is 9.85. The van der Waals surface area contributed by atoms with Crippen molar-refractivity contribution in [2.45, 2.75) is 43.5 Å². The first-order chi connectivity index (χ1) is 16.4. The maximum Gasteiger partial charge on any atom is 0.229 e. The summed E-state index contributed by atoms with van der Waals surface area (Å²) < 4.78 is 11.5. The Balaban J connectivity index is 1.62. The molecule has 34 heavy (non-hydrogen) atoms.